The molecule has 2 aliphatic rings. The third-order valence-corrected chi connectivity index (χ3v) is 9.85. The molecule has 0 radical (unpaired) electrons. The van der Waals surface area contributed by atoms with Crippen LogP contribution in [0.3, 0.4) is 0 Å². The van der Waals surface area contributed by atoms with Gasteiger partial charge in [-0.05, 0) is 34.6 Å². The standard InChI is InChI=1S/C18H13F3N4O6S2/c19-18(20,21)33(29,30)31-32(11-7-3-1-4-8-11,12-9-5-2-6-10-12)17-13(22-15(27)24-17)14(26)23-16(28)25-17/h1-10H,(H,24,27)(H2,23,25,26,28). The fourth-order valence-corrected chi connectivity index (χ4v) is 8.73. The second kappa shape index (κ2) is 7.57. The van der Waals surface area contributed by atoms with E-state index in [0.717, 1.165) is 0 Å². The van der Waals surface area contributed by atoms with Gasteiger partial charge in [0.05, 0.1) is 0 Å². The van der Waals surface area contributed by atoms with E-state index in [1.807, 2.05) is 5.32 Å². The van der Waals surface area contributed by atoms with E-state index in [-0.39, 0.29) is 9.79 Å². The van der Waals surface area contributed by atoms with Crippen LogP contribution in [0.1, 0.15) is 0 Å². The molecule has 1 unspecified atom stereocenters. The van der Waals surface area contributed by atoms with E-state index < -0.39 is 54.6 Å². The Balaban J connectivity index is 2.15. The molecule has 10 nitrogen and oxygen atoms in total. The molecule has 5 amide bonds. The molecule has 0 saturated carbocycles. The van der Waals surface area contributed by atoms with Crippen LogP contribution in [0.25, 0.3) is 0 Å². The van der Waals surface area contributed by atoms with Crippen molar-refractivity contribution in [2.24, 2.45) is 4.99 Å². The van der Waals surface area contributed by atoms with Crippen molar-refractivity contribution in [2.75, 3.05) is 0 Å². The molecular formula is C18H13F3N4O6S2. The van der Waals surface area contributed by atoms with Crippen molar-refractivity contribution in [3.63, 3.8) is 0 Å². The summed E-state index contributed by atoms with van der Waals surface area (Å²) in [6.45, 7) is 0. The van der Waals surface area contributed by atoms with Crippen LogP contribution in [0.4, 0.5) is 22.8 Å². The van der Waals surface area contributed by atoms with Crippen molar-refractivity contribution >= 4 is 44.1 Å². The number of aliphatic imine (C=N–C) groups is 1. The zero-order valence-electron chi connectivity index (χ0n) is 16.1. The number of imide groups is 1. The van der Waals surface area contributed by atoms with Crippen molar-refractivity contribution in [1.29, 1.82) is 0 Å². The van der Waals surface area contributed by atoms with Crippen molar-refractivity contribution in [3.05, 3.63) is 60.7 Å². The number of carbonyl (C=O) groups is 3. The fraction of sp³-hybridized carbons (Fsp3) is 0.111. The van der Waals surface area contributed by atoms with Gasteiger partial charge in [-0.2, -0.15) is 30.2 Å². The average Bonchev–Trinajstić information content (AvgIpc) is 3.10. The Kier molecular flexibility index (Phi) is 5.22. The fourth-order valence-electron chi connectivity index (χ4n) is 3.37. The summed E-state index contributed by atoms with van der Waals surface area (Å²) in [5.74, 6) is -1.21. The monoisotopic (exact) mass is 502 g/mol. The van der Waals surface area contributed by atoms with Crippen molar-refractivity contribution in [1.82, 2.24) is 16.0 Å². The first-order valence-electron chi connectivity index (χ1n) is 8.93. The van der Waals surface area contributed by atoms with Gasteiger partial charge in [0.25, 0.3) is 5.91 Å². The minimum Gasteiger partial charge on any atom is -0.300 e. The molecule has 0 spiro atoms. The Morgan fingerprint density at radius 1 is 0.848 bits per heavy atom. The van der Waals surface area contributed by atoms with Gasteiger partial charge >= 0.3 is 27.7 Å². The highest BCUT2D eigenvalue weighted by atomic mass is 32.3. The lowest BCUT2D eigenvalue weighted by molar-refractivity contribution is -0.114. The van der Waals surface area contributed by atoms with Gasteiger partial charge in [0.15, 0.2) is 5.71 Å². The molecule has 2 heterocycles. The van der Waals surface area contributed by atoms with E-state index in [2.05, 4.69) is 15.6 Å². The van der Waals surface area contributed by atoms with Gasteiger partial charge in [-0.3, -0.25) is 20.7 Å². The van der Waals surface area contributed by atoms with Crippen LogP contribution < -0.4 is 16.0 Å². The lowest BCUT2D eigenvalue weighted by atomic mass is 10.2. The summed E-state index contributed by atoms with van der Waals surface area (Å²) in [6, 6.07) is 11.2. The van der Waals surface area contributed by atoms with E-state index in [4.69, 9.17) is 3.63 Å². The summed E-state index contributed by atoms with van der Waals surface area (Å²) in [6.07, 6.45) is 0. The van der Waals surface area contributed by atoms with Crippen LogP contribution in [-0.2, 0) is 18.5 Å². The van der Waals surface area contributed by atoms with Gasteiger partial charge in [-0.25, -0.2) is 9.59 Å². The molecule has 0 aromatic heterocycles. The van der Waals surface area contributed by atoms with Crippen LogP contribution in [-0.4, -0.2) is 42.6 Å². The van der Waals surface area contributed by atoms with Crippen LogP contribution in [0, 0.1) is 0 Å². The van der Waals surface area contributed by atoms with E-state index in [1.165, 1.54) is 60.7 Å². The number of alkyl halides is 3. The van der Waals surface area contributed by atoms with Gasteiger partial charge in [0, 0.05) is 9.79 Å². The highest BCUT2D eigenvalue weighted by Gasteiger charge is 2.67. The second-order valence-electron chi connectivity index (χ2n) is 6.63. The van der Waals surface area contributed by atoms with E-state index in [0.29, 0.717) is 0 Å². The third kappa shape index (κ3) is 3.44. The Labute approximate surface area is 185 Å². The maximum absolute atomic E-state index is 13.6. The zero-order valence-corrected chi connectivity index (χ0v) is 17.8. The molecule has 0 aliphatic carbocycles. The molecule has 1 fully saturated rings. The normalized spacial score (nSPS) is 21.4. The predicted molar refractivity (Wildman–Crippen MR) is 108 cm³/mol. The Bertz CT molecular complexity index is 1250. The van der Waals surface area contributed by atoms with Crippen LogP contribution in [0.2, 0.25) is 0 Å². The summed E-state index contributed by atoms with van der Waals surface area (Å²) in [5, 5.41) is 6.24. The van der Waals surface area contributed by atoms with Gasteiger partial charge in [0.1, 0.15) is 0 Å². The number of benzene rings is 2. The Morgan fingerprint density at radius 3 is 1.85 bits per heavy atom. The molecule has 4 rings (SSSR count). The van der Waals surface area contributed by atoms with Crippen LogP contribution in [0.15, 0.2) is 75.4 Å². The molecule has 1 atom stereocenters. The molecule has 0 bridgehead atoms. The molecule has 3 N–H and O–H groups in total. The largest absolute Gasteiger partial charge is 0.523 e. The molecule has 2 aromatic rings. The lowest BCUT2D eigenvalue weighted by Gasteiger charge is -2.52. The molecule has 174 valence electrons. The highest BCUT2D eigenvalue weighted by Crippen LogP contribution is 2.72. The number of nitrogens with zero attached hydrogens (tertiary/aromatic N) is 1. The van der Waals surface area contributed by atoms with Crippen molar-refractivity contribution < 1.29 is 39.6 Å². The third-order valence-electron chi connectivity index (χ3n) is 4.62. The molecule has 33 heavy (non-hydrogen) atoms. The first-order valence-corrected chi connectivity index (χ1v) is 11.9. The Hall–Kier alpha value is -3.43. The summed E-state index contributed by atoms with van der Waals surface area (Å²) in [5.41, 5.74) is -6.63. The number of amides is 5. The number of hydrogen-bond donors (Lipinski definition) is 3. The minimum absolute atomic E-state index is 0.158. The number of nitrogens with one attached hydrogen (secondary N) is 3. The van der Waals surface area contributed by atoms with Crippen LogP contribution >= 0.6 is 10.3 Å². The maximum atomic E-state index is 13.6. The van der Waals surface area contributed by atoms with Crippen LogP contribution in [0.5, 0.6) is 0 Å². The lowest BCUT2D eigenvalue weighted by Crippen LogP contribution is -2.73. The number of carbonyl (C=O) groups excluding carboxylic acids is 3. The molecular weight excluding hydrogens is 489 g/mol. The quantitative estimate of drug-likeness (QED) is 0.536. The number of urea groups is 2. The zero-order chi connectivity index (χ0) is 24.1. The summed E-state index contributed by atoms with van der Waals surface area (Å²) in [7, 11) is -10.5. The van der Waals surface area contributed by atoms with Crippen molar-refractivity contribution in [2.45, 2.75) is 20.3 Å². The number of rotatable bonds is 5. The summed E-state index contributed by atoms with van der Waals surface area (Å²) >= 11 is 0. The van der Waals surface area contributed by atoms with E-state index in [9.17, 15) is 36.0 Å². The first kappa shape index (κ1) is 22.8. The smallest absolute Gasteiger partial charge is 0.300 e. The van der Waals surface area contributed by atoms with Crippen molar-refractivity contribution in [3.8, 4) is 0 Å². The molecule has 2 aliphatic heterocycles. The minimum atomic E-state index is -6.35. The SMILES string of the molecule is O=C1N=C2C(=O)NC(=O)NC2(S(OS(=O)(=O)C(F)(F)F)(c2ccccc2)c2ccccc2)N1. The molecule has 15 heteroatoms. The van der Waals surface area contributed by atoms with E-state index in [1.54, 1.807) is 0 Å². The van der Waals surface area contributed by atoms with Gasteiger partial charge in [-0.1, -0.05) is 36.4 Å². The van der Waals surface area contributed by atoms with Gasteiger partial charge in [-0.15, -0.1) is 0 Å². The topological polar surface area (TPSA) is 143 Å². The molecule has 2 aromatic carbocycles. The first-order chi connectivity index (χ1) is 15.4. The van der Waals surface area contributed by atoms with Gasteiger partial charge in [0.2, 0.25) is 4.99 Å². The summed E-state index contributed by atoms with van der Waals surface area (Å²) in [4.78, 5) is 37.8. The highest BCUT2D eigenvalue weighted by molar-refractivity contribution is 8.34. The number of hydrogen-bond acceptors (Lipinski definition) is 6. The maximum Gasteiger partial charge on any atom is 0.523 e. The average molecular weight is 502 g/mol. The number of halogens is 3. The predicted octanol–water partition coefficient (Wildman–Crippen LogP) is 2.35. The van der Waals surface area contributed by atoms with Gasteiger partial charge < -0.3 is 0 Å². The Morgan fingerprint density at radius 2 is 1.36 bits per heavy atom. The number of fused-ring (bicyclic) bond motifs is 1. The van der Waals surface area contributed by atoms with E-state index >= 15 is 0 Å². The molecule has 1 saturated heterocycles. The second-order valence-corrected chi connectivity index (χ2v) is 11.2. The summed E-state index contributed by atoms with van der Waals surface area (Å²) < 4.78 is 70.4.